The topological polar surface area (TPSA) is 65.1 Å². The van der Waals surface area contributed by atoms with E-state index in [9.17, 15) is 14.0 Å². The summed E-state index contributed by atoms with van der Waals surface area (Å²) in [7, 11) is 1.58. The smallest absolute Gasteiger partial charge is 0.326 e. The molecular weight excluding hydrogens is 399 g/mol. The van der Waals surface area contributed by atoms with Gasteiger partial charge >= 0.3 is 6.03 Å². The molecule has 31 heavy (non-hydrogen) atoms. The zero-order chi connectivity index (χ0) is 22.0. The molecule has 0 saturated carbocycles. The van der Waals surface area contributed by atoms with Crippen LogP contribution in [0.25, 0.3) is 0 Å². The molecule has 0 spiro atoms. The van der Waals surface area contributed by atoms with Crippen molar-refractivity contribution in [2.24, 2.45) is 0 Å². The number of piperazine rings is 1. The van der Waals surface area contributed by atoms with Crippen molar-refractivity contribution in [2.75, 3.05) is 44.9 Å². The first-order valence-corrected chi connectivity index (χ1v) is 10.5. The molecule has 4 rings (SSSR count). The largest absolute Gasteiger partial charge is 0.497 e. The molecule has 0 aromatic heterocycles. The van der Waals surface area contributed by atoms with Crippen LogP contribution in [0.4, 0.5) is 14.9 Å². The van der Waals surface area contributed by atoms with Crippen LogP contribution in [0.3, 0.4) is 0 Å². The van der Waals surface area contributed by atoms with Crippen LogP contribution in [-0.4, -0.2) is 61.7 Å². The monoisotopic (exact) mass is 426 g/mol. The number of carbonyl (C=O) groups excluding carboxylic acids is 2. The number of hydrogen-bond donors (Lipinski definition) is 1. The Hall–Kier alpha value is -3.13. The fourth-order valence-electron chi connectivity index (χ4n) is 4.31. The quantitative estimate of drug-likeness (QED) is 0.720. The van der Waals surface area contributed by atoms with E-state index >= 15 is 0 Å². The Morgan fingerprint density at radius 3 is 2.32 bits per heavy atom. The lowest BCUT2D eigenvalue weighted by molar-refractivity contribution is -0.133. The molecule has 1 N–H and O–H groups in total. The summed E-state index contributed by atoms with van der Waals surface area (Å²) in [6.07, 6.45) is 0.446. The molecule has 2 saturated heterocycles. The second-order valence-electron chi connectivity index (χ2n) is 7.85. The number of nitrogens with zero attached hydrogens (tertiary/aromatic N) is 3. The molecule has 2 aromatic carbocycles. The summed E-state index contributed by atoms with van der Waals surface area (Å²) >= 11 is 0. The third-order valence-electron chi connectivity index (χ3n) is 6.20. The molecule has 1 atom stereocenters. The van der Waals surface area contributed by atoms with Crippen molar-refractivity contribution in [1.29, 1.82) is 0 Å². The second kappa shape index (κ2) is 8.55. The number of hydrogen-bond acceptors (Lipinski definition) is 5. The molecule has 3 amide bonds. The first-order chi connectivity index (χ1) is 15.0. The Bertz CT molecular complexity index is 960. The molecule has 2 aliphatic heterocycles. The van der Waals surface area contributed by atoms with Gasteiger partial charge in [-0.25, -0.2) is 14.1 Å². The fourth-order valence-corrected chi connectivity index (χ4v) is 4.31. The highest BCUT2D eigenvalue weighted by molar-refractivity contribution is 6.07. The second-order valence-corrected chi connectivity index (χ2v) is 7.85. The molecule has 164 valence electrons. The summed E-state index contributed by atoms with van der Waals surface area (Å²) in [6.45, 7) is 4.62. The van der Waals surface area contributed by atoms with Gasteiger partial charge in [0.2, 0.25) is 0 Å². The molecule has 2 aromatic rings. The van der Waals surface area contributed by atoms with Gasteiger partial charge in [-0.15, -0.1) is 0 Å². The molecule has 2 heterocycles. The minimum Gasteiger partial charge on any atom is -0.497 e. The van der Waals surface area contributed by atoms with E-state index in [1.165, 1.54) is 11.0 Å². The Morgan fingerprint density at radius 1 is 1.03 bits per heavy atom. The maximum Gasteiger partial charge on any atom is 0.326 e. The number of halogens is 1. The Kier molecular flexibility index (Phi) is 5.82. The van der Waals surface area contributed by atoms with Crippen LogP contribution < -0.4 is 15.0 Å². The molecule has 2 aliphatic rings. The van der Waals surface area contributed by atoms with Crippen molar-refractivity contribution in [2.45, 2.75) is 18.9 Å². The summed E-state index contributed by atoms with van der Waals surface area (Å²) in [5, 5.41) is 2.91. The highest BCUT2D eigenvalue weighted by Crippen LogP contribution is 2.33. The van der Waals surface area contributed by atoms with Gasteiger partial charge in [0.25, 0.3) is 5.91 Å². The molecule has 0 aliphatic carbocycles. The molecule has 0 radical (unpaired) electrons. The maximum absolute atomic E-state index is 14.1. The molecule has 7 nitrogen and oxygen atoms in total. The summed E-state index contributed by atoms with van der Waals surface area (Å²) in [6, 6.07) is 13.5. The van der Waals surface area contributed by atoms with E-state index in [-0.39, 0.29) is 24.4 Å². The molecule has 0 unspecified atom stereocenters. The highest BCUT2D eigenvalue weighted by atomic mass is 19.1. The molecular formula is C23H27FN4O3. The lowest BCUT2D eigenvalue weighted by atomic mass is 9.87. The summed E-state index contributed by atoms with van der Waals surface area (Å²) in [5.74, 6) is 0.204. The van der Waals surface area contributed by atoms with Gasteiger partial charge in [-0.1, -0.05) is 31.2 Å². The lowest BCUT2D eigenvalue weighted by Gasteiger charge is -2.37. The van der Waals surface area contributed by atoms with Crippen molar-refractivity contribution in [3.8, 4) is 5.75 Å². The Morgan fingerprint density at radius 2 is 1.71 bits per heavy atom. The van der Waals surface area contributed by atoms with Crippen LogP contribution in [0, 0.1) is 5.82 Å². The van der Waals surface area contributed by atoms with Gasteiger partial charge < -0.3 is 15.0 Å². The van der Waals surface area contributed by atoms with Crippen LogP contribution in [0.15, 0.2) is 48.5 Å². The normalized spacial score (nSPS) is 22.0. The molecule has 8 heteroatoms. The van der Waals surface area contributed by atoms with E-state index in [0.29, 0.717) is 44.0 Å². The average molecular weight is 426 g/mol. The van der Waals surface area contributed by atoms with Crippen molar-refractivity contribution in [3.63, 3.8) is 0 Å². The Labute approximate surface area is 181 Å². The van der Waals surface area contributed by atoms with E-state index in [0.717, 1.165) is 5.56 Å². The van der Waals surface area contributed by atoms with Crippen molar-refractivity contribution >= 4 is 17.6 Å². The van der Waals surface area contributed by atoms with Crippen LogP contribution in [0.5, 0.6) is 5.75 Å². The Balaban J connectivity index is 1.44. The number of para-hydroxylation sites is 1. The first-order valence-electron chi connectivity index (χ1n) is 10.5. The van der Waals surface area contributed by atoms with Crippen LogP contribution in [0.2, 0.25) is 0 Å². The number of rotatable bonds is 6. The number of imide groups is 1. The summed E-state index contributed by atoms with van der Waals surface area (Å²) < 4.78 is 19.3. The van der Waals surface area contributed by atoms with Crippen LogP contribution in [0.1, 0.15) is 18.9 Å². The lowest BCUT2D eigenvalue weighted by Crippen LogP contribution is -2.52. The maximum atomic E-state index is 14.1. The van der Waals surface area contributed by atoms with Gasteiger partial charge in [-0.3, -0.25) is 9.69 Å². The number of ether oxygens (including phenoxy) is 1. The standard InChI is InChI=1S/C23H27FN4O3/c1-3-23(17-8-10-18(31-2)11-9-17)21(29)28(22(30)25-23)16-26-12-14-27(15-13-26)20-7-5-4-6-19(20)24/h4-11H,3,12-16H2,1-2H3,(H,25,30)/t23-/m1/s1. The van der Waals surface area contributed by atoms with E-state index in [1.807, 2.05) is 30.0 Å². The van der Waals surface area contributed by atoms with Crippen molar-refractivity contribution in [1.82, 2.24) is 15.1 Å². The number of nitrogens with one attached hydrogen (secondary N) is 1. The zero-order valence-corrected chi connectivity index (χ0v) is 17.8. The number of carbonyl (C=O) groups is 2. The van der Waals surface area contributed by atoms with Crippen molar-refractivity contribution < 1.29 is 18.7 Å². The number of urea groups is 1. The van der Waals surface area contributed by atoms with E-state index in [1.54, 1.807) is 31.4 Å². The van der Waals surface area contributed by atoms with E-state index in [2.05, 4.69) is 10.2 Å². The van der Waals surface area contributed by atoms with Gasteiger partial charge in [0.15, 0.2) is 0 Å². The predicted octanol–water partition coefficient (Wildman–Crippen LogP) is 2.77. The highest BCUT2D eigenvalue weighted by Gasteiger charge is 2.51. The summed E-state index contributed by atoms with van der Waals surface area (Å²) in [4.78, 5) is 31.4. The number of benzene rings is 2. The molecule has 0 bridgehead atoms. The van der Waals surface area contributed by atoms with Gasteiger partial charge in [-0.05, 0) is 36.2 Å². The predicted molar refractivity (Wildman–Crippen MR) is 115 cm³/mol. The van der Waals surface area contributed by atoms with E-state index < -0.39 is 5.54 Å². The van der Waals surface area contributed by atoms with Crippen LogP contribution >= 0.6 is 0 Å². The van der Waals surface area contributed by atoms with Gasteiger partial charge in [0, 0.05) is 26.2 Å². The fraction of sp³-hybridized carbons (Fsp3) is 0.391. The zero-order valence-electron chi connectivity index (χ0n) is 17.8. The minimum atomic E-state index is -1.07. The average Bonchev–Trinajstić information content (AvgIpc) is 3.05. The van der Waals surface area contributed by atoms with Crippen molar-refractivity contribution in [3.05, 3.63) is 59.9 Å². The SMILES string of the molecule is CC[C@]1(c2ccc(OC)cc2)NC(=O)N(CN2CCN(c3ccccc3F)CC2)C1=O. The number of anilines is 1. The van der Waals surface area contributed by atoms with E-state index in [4.69, 9.17) is 4.74 Å². The summed E-state index contributed by atoms with van der Waals surface area (Å²) in [5.41, 5.74) is 0.251. The van der Waals surface area contributed by atoms with Gasteiger partial charge in [0.1, 0.15) is 17.1 Å². The van der Waals surface area contributed by atoms with Gasteiger partial charge in [-0.2, -0.15) is 0 Å². The van der Waals surface area contributed by atoms with Crippen LogP contribution in [-0.2, 0) is 10.3 Å². The third-order valence-corrected chi connectivity index (χ3v) is 6.20. The number of methoxy groups -OCH3 is 1. The first kappa shape index (κ1) is 21.1. The third kappa shape index (κ3) is 3.83. The van der Waals surface area contributed by atoms with Gasteiger partial charge in [0.05, 0.1) is 19.5 Å². The number of amides is 3. The molecule has 2 fully saturated rings. The minimum absolute atomic E-state index is 0.216.